The van der Waals surface area contributed by atoms with E-state index in [2.05, 4.69) is 5.32 Å². The van der Waals surface area contributed by atoms with Crippen molar-refractivity contribution < 1.29 is 19.1 Å². The van der Waals surface area contributed by atoms with Crippen molar-refractivity contribution in [1.82, 2.24) is 9.47 Å². The molecule has 0 spiro atoms. The van der Waals surface area contributed by atoms with Gasteiger partial charge >= 0.3 is 0 Å². The number of hydrogen-bond acceptors (Lipinski definition) is 5. The highest BCUT2D eigenvalue weighted by Gasteiger charge is 2.36. The van der Waals surface area contributed by atoms with E-state index in [9.17, 15) is 14.4 Å². The zero-order valence-electron chi connectivity index (χ0n) is 17.6. The number of imide groups is 1. The van der Waals surface area contributed by atoms with Crippen LogP contribution in [-0.2, 0) is 9.59 Å². The molecule has 7 nitrogen and oxygen atoms in total. The molecule has 2 heterocycles. The Morgan fingerprint density at radius 3 is 2.47 bits per heavy atom. The predicted molar refractivity (Wildman–Crippen MR) is 125 cm³/mol. The molecule has 1 aliphatic rings. The Labute approximate surface area is 189 Å². The maximum Gasteiger partial charge on any atom is 0.294 e. The molecular formula is C24H21N3O4S. The van der Waals surface area contributed by atoms with Crippen LogP contribution in [0.5, 0.6) is 5.75 Å². The minimum Gasteiger partial charge on any atom is -0.497 e. The lowest BCUT2D eigenvalue weighted by atomic mass is 10.2. The lowest BCUT2D eigenvalue weighted by molar-refractivity contribution is -0.127. The first-order chi connectivity index (χ1) is 15.4. The van der Waals surface area contributed by atoms with Gasteiger partial charge in [0.2, 0.25) is 5.91 Å². The Kier molecular flexibility index (Phi) is 6.13. The molecule has 0 saturated carbocycles. The average Bonchev–Trinajstić information content (AvgIpc) is 3.36. The molecule has 3 aromatic rings. The van der Waals surface area contributed by atoms with E-state index in [1.165, 1.54) is 0 Å². The quantitative estimate of drug-likeness (QED) is 0.564. The topological polar surface area (TPSA) is 80.6 Å². The molecular weight excluding hydrogens is 426 g/mol. The number of aryl methyl sites for hydroxylation is 1. The van der Waals surface area contributed by atoms with E-state index in [1.807, 2.05) is 66.3 Å². The van der Waals surface area contributed by atoms with E-state index in [4.69, 9.17) is 4.74 Å². The van der Waals surface area contributed by atoms with Gasteiger partial charge < -0.3 is 14.6 Å². The zero-order chi connectivity index (χ0) is 22.7. The highest BCUT2D eigenvalue weighted by molar-refractivity contribution is 8.18. The number of carbonyl (C=O) groups is 3. The molecule has 1 aliphatic heterocycles. The number of hydrogen-bond donors (Lipinski definition) is 1. The fourth-order valence-corrected chi connectivity index (χ4v) is 4.02. The number of thioether (sulfide) groups is 1. The molecule has 2 aromatic carbocycles. The molecule has 1 N–H and O–H groups in total. The molecule has 0 radical (unpaired) electrons. The van der Waals surface area contributed by atoms with Gasteiger partial charge in [-0.3, -0.25) is 19.3 Å². The summed E-state index contributed by atoms with van der Waals surface area (Å²) in [6, 6.07) is 16.7. The number of nitrogens with zero attached hydrogens (tertiary/aromatic N) is 2. The van der Waals surface area contributed by atoms with Crippen molar-refractivity contribution in [2.45, 2.75) is 6.92 Å². The highest BCUT2D eigenvalue weighted by atomic mass is 32.2. The first-order valence-corrected chi connectivity index (χ1v) is 10.7. The number of aromatic nitrogens is 1. The molecule has 0 bridgehead atoms. The number of methoxy groups -OCH3 is 1. The fraction of sp³-hybridized carbons (Fsp3) is 0.125. The number of anilines is 1. The van der Waals surface area contributed by atoms with E-state index >= 15 is 0 Å². The Bertz CT molecular complexity index is 1200. The lowest BCUT2D eigenvalue weighted by Gasteiger charge is -2.12. The van der Waals surface area contributed by atoms with Gasteiger partial charge in [0.05, 0.1) is 12.0 Å². The molecule has 0 unspecified atom stereocenters. The standard InChI is InChI=1S/C24H21N3O4S/c1-16-3-5-18(6-4-16)25-22(28)15-27-23(29)21(32-24(27)30)13-17-11-12-26(14-17)19-7-9-20(31-2)10-8-19/h3-14H,15H2,1-2H3,(H,25,28)/b21-13+. The van der Waals surface area contributed by atoms with E-state index in [0.29, 0.717) is 5.69 Å². The third-order valence-electron chi connectivity index (χ3n) is 4.89. The van der Waals surface area contributed by atoms with Crippen molar-refractivity contribution in [2.75, 3.05) is 19.0 Å². The second-order valence-corrected chi connectivity index (χ2v) is 8.23. The van der Waals surface area contributed by atoms with Crippen LogP contribution in [0.15, 0.2) is 71.9 Å². The number of rotatable bonds is 6. The summed E-state index contributed by atoms with van der Waals surface area (Å²) in [5.74, 6) is -0.138. The second-order valence-electron chi connectivity index (χ2n) is 7.23. The Morgan fingerprint density at radius 1 is 1.06 bits per heavy atom. The largest absolute Gasteiger partial charge is 0.497 e. The maximum absolute atomic E-state index is 12.7. The number of nitrogens with one attached hydrogen (secondary N) is 1. The molecule has 0 aliphatic carbocycles. The monoisotopic (exact) mass is 447 g/mol. The van der Waals surface area contributed by atoms with Crippen LogP contribution >= 0.6 is 11.8 Å². The van der Waals surface area contributed by atoms with Crippen LogP contribution in [0.25, 0.3) is 11.8 Å². The summed E-state index contributed by atoms with van der Waals surface area (Å²) >= 11 is 0.830. The molecule has 4 rings (SSSR count). The van der Waals surface area contributed by atoms with Gasteiger partial charge in [-0.15, -0.1) is 0 Å². The summed E-state index contributed by atoms with van der Waals surface area (Å²) in [6.45, 7) is 1.62. The molecule has 3 amide bonds. The second kappa shape index (κ2) is 9.15. The molecule has 162 valence electrons. The van der Waals surface area contributed by atoms with Crippen LogP contribution in [0.1, 0.15) is 11.1 Å². The summed E-state index contributed by atoms with van der Waals surface area (Å²) in [4.78, 5) is 38.6. The van der Waals surface area contributed by atoms with Crippen LogP contribution in [0.3, 0.4) is 0 Å². The summed E-state index contributed by atoms with van der Waals surface area (Å²) < 4.78 is 7.08. The molecule has 1 aromatic heterocycles. The SMILES string of the molecule is COc1ccc(-n2ccc(/C=C3/SC(=O)N(CC(=O)Nc4ccc(C)cc4)C3=O)c2)cc1. The van der Waals surface area contributed by atoms with Crippen molar-refractivity contribution in [2.24, 2.45) is 0 Å². The Morgan fingerprint density at radius 2 is 1.78 bits per heavy atom. The number of amides is 3. The minimum atomic E-state index is -0.476. The summed E-state index contributed by atoms with van der Waals surface area (Å²) in [5.41, 5.74) is 3.39. The predicted octanol–water partition coefficient (Wildman–Crippen LogP) is 4.47. The first-order valence-electron chi connectivity index (χ1n) is 9.87. The van der Waals surface area contributed by atoms with Gasteiger partial charge in [0, 0.05) is 23.8 Å². The molecule has 1 fully saturated rings. The third kappa shape index (κ3) is 4.76. The summed E-state index contributed by atoms with van der Waals surface area (Å²) in [6.07, 6.45) is 5.38. The van der Waals surface area contributed by atoms with Crippen molar-refractivity contribution in [3.05, 3.63) is 83.0 Å². The van der Waals surface area contributed by atoms with Crippen molar-refractivity contribution >= 4 is 40.6 Å². The van der Waals surface area contributed by atoms with Gasteiger partial charge in [-0.1, -0.05) is 17.7 Å². The van der Waals surface area contributed by atoms with E-state index in [0.717, 1.165) is 39.2 Å². The van der Waals surface area contributed by atoms with Gasteiger partial charge in [-0.05, 0) is 72.8 Å². The van der Waals surface area contributed by atoms with Crippen molar-refractivity contribution in [3.63, 3.8) is 0 Å². The lowest BCUT2D eigenvalue weighted by Crippen LogP contribution is -2.36. The third-order valence-corrected chi connectivity index (χ3v) is 5.80. The van der Waals surface area contributed by atoms with E-state index < -0.39 is 17.1 Å². The minimum absolute atomic E-state index is 0.283. The highest BCUT2D eigenvalue weighted by Crippen LogP contribution is 2.32. The first kappa shape index (κ1) is 21.5. The van der Waals surface area contributed by atoms with Crippen LogP contribution in [0.2, 0.25) is 0 Å². The van der Waals surface area contributed by atoms with E-state index in [1.54, 1.807) is 25.3 Å². The van der Waals surface area contributed by atoms with Crippen LogP contribution in [-0.4, -0.2) is 40.2 Å². The average molecular weight is 448 g/mol. The Hall–Kier alpha value is -3.78. The number of carbonyl (C=O) groups excluding carboxylic acids is 3. The maximum atomic E-state index is 12.7. The summed E-state index contributed by atoms with van der Waals surface area (Å²) in [7, 11) is 1.61. The molecule has 32 heavy (non-hydrogen) atoms. The smallest absolute Gasteiger partial charge is 0.294 e. The van der Waals surface area contributed by atoms with Crippen molar-refractivity contribution in [3.8, 4) is 11.4 Å². The number of benzene rings is 2. The van der Waals surface area contributed by atoms with Crippen molar-refractivity contribution in [1.29, 1.82) is 0 Å². The van der Waals surface area contributed by atoms with Crippen LogP contribution < -0.4 is 10.1 Å². The zero-order valence-corrected chi connectivity index (χ0v) is 18.4. The number of ether oxygens (including phenoxy) is 1. The van der Waals surface area contributed by atoms with Crippen LogP contribution in [0, 0.1) is 6.92 Å². The van der Waals surface area contributed by atoms with Gasteiger partial charge in [0.25, 0.3) is 11.1 Å². The molecule has 0 atom stereocenters. The normalized spacial score (nSPS) is 14.8. The van der Waals surface area contributed by atoms with Gasteiger partial charge in [-0.2, -0.15) is 0 Å². The summed E-state index contributed by atoms with van der Waals surface area (Å²) in [5, 5.41) is 2.24. The fourth-order valence-electron chi connectivity index (χ4n) is 3.18. The van der Waals surface area contributed by atoms with E-state index in [-0.39, 0.29) is 11.4 Å². The van der Waals surface area contributed by atoms with Crippen LogP contribution in [0.4, 0.5) is 10.5 Å². The molecule has 8 heteroatoms. The van der Waals surface area contributed by atoms with Gasteiger partial charge in [0.15, 0.2) is 0 Å². The molecule has 1 saturated heterocycles. The van der Waals surface area contributed by atoms with Gasteiger partial charge in [-0.25, -0.2) is 0 Å². The Balaban J connectivity index is 1.43. The van der Waals surface area contributed by atoms with Gasteiger partial charge in [0.1, 0.15) is 12.3 Å².